The van der Waals surface area contributed by atoms with Crippen molar-refractivity contribution in [1.82, 2.24) is 0 Å². The maximum Gasteiger partial charge on any atom is 0.161 e. The molecule has 1 aromatic carbocycles. The summed E-state index contributed by atoms with van der Waals surface area (Å²) in [5.41, 5.74) is 0. The van der Waals surface area contributed by atoms with Crippen LogP contribution in [0, 0.1) is 0 Å². The van der Waals surface area contributed by atoms with Crippen LogP contribution >= 0.6 is 0 Å². The Morgan fingerprint density at radius 1 is 1.00 bits per heavy atom. The van der Waals surface area contributed by atoms with Crippen LogP contribution in [0.2, 0.25) is 0 Å². The standard InChI is InChI=1S/C10H10O3/c1-2-4-8-7(3-1)11-6-10(13-8)9-5-12-9/h1-4,9-10H,5-6H2/t9-,10?/m0/s1. The van der Waals surface area contributed by atoms with Gasteiger partial charge in [0.2, 0.25) is 0 Å². The van der Waals surface area contributed by atoms with E-state index in [0.29, 0.717) is 6.61 Å². The summed E-state index contributed by atoms with van der Waals surface area (Å²) in [7, 11) is 0. The minimum Gasteiger partial charge on any atom is -0.486 e. The van der Waals surface area contributed by atoms with Gasteiger partial charge in [-0.15, -0.1) is 0 Å². The minimum absolute atomic E-state index is 0.0786. The van der Waals surface area contributed by atoms with Gasteiger partial charge in [-0.2, -0.15) is 0 Å². The lowest BCUT2D eigenvalue weighted by Crippen LogP contribution is -2.33. The molecule has 2 atom stereocenters. The second-order valence-electron chi connectivity index (χ2n) is 3.29. The van der Waals surface area contributed by atoms with E-state index in [9.17, 15) is 0 Å². The zero-order valence-corrected chi connectivity index (χ0v) is 7.10. The number of benzene rings is 1. The molecule has 2 heterocycles. The lowest BCUT2D eigenvalue weighted by molar-refractivity contribution is 0.0690. The molecule has 13 heavy (non-hydrogen) atoms. The smallest absolute Gasteiger partial charge is 0.161 e. The molecular formula is C10H10O3. The fraction of sp³-hybridized carbons (Fsp3) is 0.400. The van der Waals surface area contributed by atoms with Crippen molar-refractivity contribution in [3.8, 4) is 11.5 Å². The molecule has 0 saturated carbocycles. The van der Waals surface area contributed by atoms with Gasteiger partial charge in [-0.3, -0.25) is 0 Å². The fourth-order valence-electron chi connectivity index (χ4n) is 1.49. The van der Waals surface area contributed by atoms with Crippen molar-refractivity contribution in [2.75, 3.05) is 13.2 Å². The number of para-hydroxylation sites is 2. The van der Waals surface area contributed by atoms with E-state index in [1.54, 1.807) is 0 Å². The molecule has 68 valence electrons. The lowest BCUT2D eigenvalue weighted by Gasteiger charge is -2.25. The third-order valence-corrected chi connectivity index (χ3v) is 2.30. The van der Waals surface area contributed by atoms with E-state index >= 15 is 0 Å². The minimum atomic E-state index is 0.0786. The van der Waals surface area contributed by atoms with E-state index in [4.69, 9.17) is 14.2 Å². The highest BCUT2D eigenvalue weighted by Crippen LogP contribution is 2.33. The summed E-state index contributed by atoms with van der Waals surface area (Å²) in [5, 5.41) is 0. The van der Waals surface area contributed by atoms with E-state index < -0.39 is 0 Å². The van der Waals surface area contributed by atoms with Crippen molar-refractivity contribution in [3.05, 3.63) is 24.3 Å². The van der Waals surface area contributed by atoms with Crippen molar-refractivity contribution in [3.63, 3.8) is 0 Å². The van der Waals surface area contributed by atoms with E-state index in [-0.39, 0.29) is 12.2 Å². The Labute approximate surface area is 76.2 Å². The quantitative estimate of drug-likeness (QED) is 0.606. The summed E-state index contributed by atoms with van der Waals surface area (Å²) < 4.78 is 16.4. The summed E-state index contributed by atoms with van der Waals surface area (Å²) in [5.74, 6) is 1.66. The summed E-state index contributed by atoms with van der Waals surface area (Å²) in [6.07, 6.45) is 0.322. The van der Waals surface area contributed by atoms with E-state index in [0.717, 1.165) is 18.1 Å². The monoisotopic (exact) mass is 178 g/mol. The summed E-state index contributed by atoms with van der Waals surface area (Å²) >= 11 is 0. The van der Waals surface area contributed by atoms with Crippen LogP contribution < -0.4 is 9.47 Å². The number of hydrogen-bond acceptors (Lipinski definition) is 3. The van der Waals surface area contributed by atoms with Crippen LogP contribution in [0.1, 0.15) is 0 Å². The highest BCUT2D eigenvalue weighted by molar-refractivity contribution is 5.40. The number of epoxide rings is 1. The van der Waals surface area contributed by atoms with Crippen molar-refractivity contribution in [2.24, 2.45) is 0 Å². The van der Waals surface area contributed by atoms with Gasteiger partial charge in [0, 0.05) is 0 Å². The van der Waals surface area contributed by atoms with Crippen LogP contribution in [-0.2, 0) is 4.74 Å². The molecule has 1 fully saturated rings. The van der Waals surface area contributed by atoms with Crippen LogP contribution in [0.5, 0.6) is 11.5 Å². The molecule has 0 spiro atoms. The highest BCUT2D eigenvalue weighted by Gasteiger charge is 2.37. The molecule has 0 bridgehead atoms. The van der Waals surface area contributed by atoms with E-state index in [1.165, 1.54) is 0 Å². The molecule has 0 aromatic heterocycles. The SMILES string of the molecule is c1ccc2c(c1)OCC([C@@H]1CO1)O2. The topological polar surface area (TPSA) is 31.0 Å². The molecule has 3 nitrogen and oxygen atoms in total. The Morgan fingerprint density at radius 2 is 1.77 bits per heavy atom. The predicted octanol–water partition coefficient (Wildman–Crippen LogP) is 1.23. The van der Waals surface area contributed by atoms with Gasteiger partial charge < -0.3 is 14.2 Å². The van der Waals surface area contributed by atoms with Crippen LogP contribution in [0.25, 0.3) is 0 Å². The predicted molar refractivity (Wildman–Crippen MR) is 46.1 cm³/mol. The largest absolute Gasteiger partial charge is 0.486 e. The average molecular weight is 178 g/mol. The fourth-order valence-corrected chi connectivity index (χ4v) is 1.49. The molecule has 0 radical (unpaired) electrons. The Kier molecular flexibility index (Phi) is 1.46. The molecule has 1 aromatic rings. The Bertz CT molecular complexity index is 320. The number of rotatable bonds is 1. The van der Waals surface area contributed by atoms with Gasteiger partial charge >= 0.3 is 0 Å². The maximum absolute atomic E-state index is 5.71. The van der Waals surface area contributed by atoms with Crippen molar-refractivity contribution >= 4 is 0 Å². The van der Waals surface area contributed by atoms with E-state index in [2.05, 4.69) is 0 Å². The second kappa shape index (κ2) is 2.64. The summed E-state index contributed by atoms with van der Waals surface area (Å²) in [4.78, 5) is 0. The Hall–Kier alpha value is -1.22. The molecule has 0 amide bonds. The van der Waals surface area contributed by atoms with Gasteiger partial charge in [-0.25, -0.2) is 0 Å². The Morgan fingerprint density at radius 3 is 2.54 bits per heavy atom. The molecule has 1 unspecified atom stereocenters. The molecule has 3 rings (SSSR count). The molecular weight excluding hydrogens is 168 g/mol. The van der Waals surface area contributed by atoms with Crippen molar-refractivity contribution < 1.29 is 14.2 Å². The lowest BCUT2D eigenvalue weighted by atomic mass is 10.2. The number of fused-ring (bicyclic) bond motifs is 1. The van der Waals surface area contributed by atoms with Crippen molar-refractivity contribution in [1.29, 1.82) is 0 Å². The van der Waals surface area contributed by atoms with Gasteiger partial charge in [-0.05, 0) is 12.1 Å². The molecule has 3 heteroatoms. The first-order valence-corrected chi connectivity index (χ1v) is 4.43. The molecule has 0 N–H and O–H groups in total. The van der Waals surface area contributed by atoms with Gasteiger partial charge in [0.25, 0.3) is 0 Å². The highest BCUT2D eigenvalue weighted by atomic mass is 16.6. The van der Waals surface area contributed by atoms with Crippen LogP contribution in [0.15, 0.2) is 24.3 Å². The maximum atomic E-state index is 5.71. The van der Waals surface area contributed by atoms with Gasteiger partial charge in [0.1, 0.15) is 12.7 Å². The van der Waals surface area contributed by atoms with Crippen molar-refractivity contribution in [2.45, 2.75) is 12.2 Å². The summed E-state index contributed by atoms with van der Waals surface area (Å²) in [6, 6.07) is 7.72. The zero-order chi connectivity index (χ0) is 8.67. The Balaban J connectivity index is 1.85. The third kappa shape index (κ3) is 1.25. The molecule has 2 aliphatic heterocycles. The second-order valence-corrected chi connectivity index (χ2v) is 3.29. The average Bonchev–Trinajstić information content (AvgIpc) is 3.00. The van der Waals surface area contributed by atoms with Crippen LogP contribution in [0.3, 0.4) is 0 Å². The molecule has 2 aliphatic rings. The molecule has 0 aliphatic carbocycles. The normalized spacial score (nSPS) is 29.8. The first-order valence-electron chi connectivity index (χ1n) is 4.43. The van der Waals surface area contributed by atoms with Crippen LogP contribution in [-0.4, -0.2) is 25.4 Å². The first kappa shape index (κ1) is 7.21. The first-order chi connectivity index (χ1) is 6.43. The number of hydrogen-bond donors (Lipinski definition) is 0. The van der Waals surface area contributed by atoms with Crippen LogP contribution in [0.4, 0.5) is 0 Å². The number of ether oxygens (including phenoxy) is 3. The zero-order valence-electron chi connectivity index (χ0n) is 7.10. The van der Waals surface area contributed by atoms with Gasteiger partial charge in [-0.1, -0.05) is 12.1 Å². The van der Waals surface area contributed by atoms with Gasteiger partial charge in [0.15, 0.2) is 17.6 Å². The van der Waals surface area contributed by atoms with Gasteiger partial charge in [0.05, 0.1) is 6.61 Å². The van der Waals surface area contributed by atoms with E-state index in [1.807, 2.05) is 24.3 Å². The molecule has 1 saturated heterocycles. The summed E-state index contributed by atoms with van der Waals surface area (Å²) in [6.45, 7) is 1.40. The third-order valence-electron chi connectivity index (χ3n) is 2.30.